The number of amides is 1. The predicted octanol–water partition coefficient (Wildman–Crippen LogP) is 0.0474. The van der Waals surface area contributed by atoms with Gasteiger partial charge in [0, 0.05) is 18.2 Å². The van der Waals surface area contributed by atoms with Crippen molar-refractivity contribution in [1.29, 1.82) is 0 Å². The lowest BCUT2D eigenvalue weighted by molar-refractivity contribution is -0.00875. The van der Waals surface area contributed by atoms with Crippen LogP contribution in [0.5, 0.6) is 0 Å². The van der Waals surface area contributed by atoms with Crippen LogP contribution in [0.4, 0.5) is 4.39 Å². The fourth-order valence-electron chi connectivity index (χ4n) is 1.25. The minimum atomic E-state index is -4.17. The fourth-order valence-corrected chi connectivity index (χ4v) is 2.03. The lowest BCUT2D eigenvalue weighted by atomic mass is 10.1. The van der Waals surface area contributed by atoms with Crippen molar-refractivity contribution < 1.29 is 22.3 Å². The summed E-state index contributed by atoms with van der Waals surface area (Å²) in [5, 5.41) is 4.92. The SMILES string of the molecule is COC(F)c1ccc(C(N)=O)cc1S(N)(=O)=O. The highest BCUT2D eigenvalue weighted by atomic mass is 32.2. The van der Waals surface area contributed by atoms with Gasteiger partial charge in [-0.1, -0.05) is 6.07 Å². The zero-order chi connectivity index (χ0) is 13.2. The number of methoxy groups -OCH3 is 1. The van der Waals surface area contributed by atoms with E-state index in [1.807, 2.05) is 0 Å². The molecule has 0 saturated heterocycles. The van der Waals surface area contributed by atoms with Crippen molar-refractivity contribution in [2.75, 3.05) is 7.11 Å². The first-order valence-corrected chi connectivity index (χ1v) is 5.95. The van der Waals surface area contributed by atoms with Crippen LogP contribution in [-0.4, -0.2) is 21.4 Å². The molecule has 6 nitrogen and oxygen atoms in total. The average molecular weight is 262 g/mol. The Morgan fingerprint density at radius 3 is 2.47 bits per heavy atom. The van der Waals surface area contributed by atoms with E-state index in [1.165, 1.54) is 6.07 Å². The van der Waals surface area contributed by atoms with E-state index < -0.39 is 27.2 Å². The molecule has 4 N–H and O–H groups in total. The van der Waals surface area contributed by atoms with Gasteiger partial charge in [0.15, 0.2) is 0 Å². The van der Waals surface area contributed by atoms with E-state index in [-0.39, 0.29) is 11.1 Å². The van der Waals surface area contributed by atoms with E-state index in [0.717, 1.165) is 19.2 Å². The lowest BCUT2D eigenvalue weighted by Crippen LogP contribution is -2.18. The topological polar surface area (TPSA) is 112 Å². The minimum absolute atomic E-state index is 0.0823. The molecule has 0 aromatic heterocycles. The number of carbonyl (C=O) groups excluding carboxylic acids is 1. The molecule has 8 heteroatoms. The molecule has 0 aliphatic heterocycles. The van der Waals surface area contributed by atoms with Crippen LogP contribution < -0.4 is 10.9 Å². The fraction of sp³-hybridized carbons (Fsp3) is 0.222. The number of rotatable bonds is 4. The van der Waals surface area contributed by atoms with E-state index in [4.69, 9.17) is 10.9 Å². The van der Waals surface area contributed by atoms with Gasteiger partial charge in [0.05, 0.1) is 4.90 Å². The van der Waals surface area contributed by atoms with E-state index in [1.54, 1.807) is 0 Å². The molecule has 1 aromatic carbocycles. The minimum Gasteiger partial charge on any atom is -0.366 e. The van der Waals surface area contributed by atoms with Gasteiger partial charge in [0.2, 0.25) is 22.3 Å². The molecule has 1 aromatic rings. The Labute approximate surface area is 97.4 Å². The predicted molar refractivity (Wildman–Crippen MR) is 57.2 cm³/mol. The van der Waals surface area contributed by atoms with Crippen molar-refractivity contribution in [3.8, 4) is 0 Å². The second-order valence-corrected chi connectivity index (χ2v) is 4.74. The first kappa shape index (κ1) is 13.6. The summed E-state index contributed by atoms with van der Waals surface area (Å²) < 4.78 is 40.2. The van der Waals surface area contributed by atoms with Gasteiger partial charge in [-0.25, -0.2) is 17.9 Å². The number of alkyl halides is 1. The van der Waals surface area contributed by atoms with Gasteiger partial charge in [0.25, 0.3) is 0 Å². The number of ether oxygens (including phenoxy) is 1. The number of primary amides is 1. The van der Waals surface area contributed by atoms with E-state index in [2.05, 4.69) is 4.74 Å². The van der Waals surface area contributed by atoms with Crippen LogP contribution in [0, 0.1) is 0 Å². The van der Waals surface area contributed by atoms with Crippen LogP contribution in [0.2, 0.25) is 0 Å². The van der Waals surface area contributed by atoms with Crippen molar-refractivity contribution in [3.63, 3.8) is 0 Å². The number of benzene rings is 1. The summed E-state index contributed by atoms with van der Waals surface area (Å²) in [4.78, 5) is 10.4. The average Bonchev–Trinajstić information content (AvgIpc) is 2.26. The Balaban J connectivity index is 3.48. The third kappa shape index (κ3) is 2.99. The quantitative estimate of drug-likeness (QED) is 0.798. The lowest BCUT2D eigenvalue weighted by Gasteiger charge is -2.11. The molecule has 1 unspecified atom stereocenters. The highest BCUT2D eigenvalue weighted by Gasteiger charge is 2.22. The van der Waals surface area contributed by atoms with Gasteiger partial charge in [-0.15, -0.1) is 0 Å². The van der Waals surface area contributed by atoms with Crippen molar-refractivity contribution >= 4 is 15.9 Å². The first-order chi connectivity index (χ1) is 7.77. The van der Waals surface area contributed by atoms with Crippen LogP contribution in [0.25, 0.3) is 0 Å². The molecule has 0 bridgehead atoms. The molecule has 94 valence electrons. The highest BCUT2D eigenvalue weighted by molar-refractivity contribution is 7.89. The van der Waals surface area contributed by atoms with Crippen molar-refractivity contribution in [2.24, 2.45) is 10.9 Å². The van der Waals surface area contributed by atoms with E-state index >= 15 is 0 Å². The van der Waals surface area contributed by atoms with Crippen LogP contribution in [0.1, 0.15) is 22.3 Å². The molecular weight excluding hydrogens is 251 g/mol. The monoisotopic (exact) mass is 262 g/mol. The zero-order valence-electron chi connectivity index (χ0n) is 8.88. The first-order valence-electron chi connectivity index (χ1n) is 4.40. The van der Waals surface area contributed by atoms with Gasteiger partial charge in [-0.2, -0.15) is 0 Å². The maximum absolute atomic E-state index is 13.3. The summed E-state index contributed by atoms with van der Waals surface area (Å²) in [7, 11) is -3.10. The number of hydrogen-bond donors (Lipinski definition) is 2. The molecule has 0 fully saturated rings. The van der Waals surface area contributed by atoms with Gasteiger partial charge in [-0.05, 0) is 12.1 Å². The highest BCUT2D eigenvalue weighted by Crippen LogP contribution is 2.26. The number of halogens is 1. The number of carbonyl (C=O) groups is 1. The van der Waals surface area contributed by atoms with Crippen LogP contribution in [0.15, 0.2) is 23.1 Å². The van der Waals surface area contributed by atoms with Gasteiger partial charge < -0.3 is 10.5 Å². The molecule has 0 aliphatic rings. The normalized spacial score (nSPS) is 13.4. The van der Waals surface area contributed by atoms with E-state index in [9.17, 15) is 17.6 Å². The third-order valence-electron chi connectivity index (χ3n) is 2.06. The summed E-state index contributed by atoms with van der Waals surface area (Å²) in [6.07, 6.45) is -1.95. The van der Waals surface area contributed by atoms with Crippen LogP contribution >= 0.6 is 0 Å². The Kier molecular flexibility index (Phi) is 3.81. The Morgan fingerprint density at radius 1 is 1.47 bits per heavy atom. The third-order valence-corrected chi connectivity index (χ3v) is 3.02. The number of primary sulfonamides is 1. The molecule has 17 heavy (non-hydrogen) atoms. The Morgan fingerprint density at radius 2 is 2.06 bits per heavy atom. The summed E-state index contributed by atoms with van der Waals surface area (Å²) in [5.41, 5.74) is 4.62. The zero-order valence-corrected chi connectivity index (χ0v) is 9.70. The standard InChI is InChI=1S/C9H11FN2O4S/c1-16-8(10)6-3-2-5(9(11)13)4-7(6)17(12,14)15/h2-4,8H,1H3,(H2,11,13)(H2,12,14,15). The summed E-state index contributed by atoms with van der Waals surface area (Å²) in [6.45, 7) is 0. The second kappa shape index (κ2) is 4.78. The molecule has 0 spiro atoms. The molecular formula is C9H11FN2O4S. The Bertz CT molecular complexity index is 544. The van der Waals surface area contributed by atoms with Crippen molar-refractivity contribution in [2.45, 2.75) is 11.3 Å². The number of hydrogen-bond acceptors (Lipinski definition) is 4. The van der Waals surface area contributed by atoms with Gasteiger partial charge in [-0.3, -0.25) is 4.79 Å². The Hall–Kier alpha value is -1.51. The number of nitrogens with two attached hydrogens (primary N) is 2. The van der Waals surface area contributed by atoms with Crippen LogP contribution in [0.3, 0.4) is 0 Å². The largest absolute Gasteiger partial charge is 0.366 e. The molecule has 1 amide bonds. The smallest absolute Gasteiger partial charge is 0.248 e. The maximum atomic E-state index is 13.3. The molecule has 0 saturated carbocycles. The summed E-state index contributed by atoms with van der Waals surface area (Å²) in [5.74, 6) is -0.839. The van der Waals surface area contributed by atoms with Crippen LogP contribution in [-0.2, 0) is 14.8 Å². The summed E-state index contributed by atoms with van der Waals surface area (Å²) in [6, 6.07) is 3.20. The second-order valence-electron chi connectivity index (χ2n) is 3.21. The molecule has 1 rings (SSSR count). The van der Waals surface area contributed by atoms with Crippen molar-refractivity contribution in [1.82, 2.24) is 0 Å². The molecule has 1 atom stereocenters. The van der Waals surface area contributed by atoms with E-state index in [0.29, 0.717) is 0 Å². The van der Waals surface area contributed by atoms with Gasteiger partial charge >= 0.3 is 0 Å². The molecule has 0 heterocycles. The molecule has 0 aliphatic carbocycles. The summed E-state index contributed by atoms with van der Waals surface area (Å²) >= 11 is 0. The number of sulfonamides is 1. The van der Waals surface area contributed by atoms with Gasteiger partial charge in [0.1, 0.15) is 0 Å². The molecule has 0 radical (unpaired) electrons. The maximum Gasteiger partial charge on any atom is 0.248 e. The van der Waals surface area contributed by atoms with Crippen molar-refractivity contribution in [3.05, 3.63) is 29.3 Å².